The van der Waals surface area contributed by atoms with Gasteiger partial charge in [-0.05, 0) is 56.4 Å². The summed E-state index contributed by atoms with van der Waals surface area (Å²) in [6.07, 6.45) is 0. The minimum Gasteiger partial charge on any atom is -0.497 e. The van der Waals surface area contributed by atoms with E-state index in [2.05, 4.69) is 21.6 Å². The predicted octanol–water partition coefficient (Wildman–Crippen LogP) is 3.23. The van der Waals surface area contributed by atoms with Crippen LogP contribution in [0, 0.1) is 11.3 Å². The van der Waals surface area contributed by atoms with E-state index in [0.29, 0.717) is 12.1 Å². The van der Waals surface area contributed by atoms with Crippen molar-refractivity contribution in [2.75, 3.05) is 27.7 Å². The summed E-state index contributed by atoms with van der Waals surface area (Å²) in [4.78, 5) is 14.4. The molecule has 6 heteroatoms. The third-order valence-corrected chi connectivity index (χ3v) is 4.47. The van der Waals surface area contributed by atoms with Crippen LogP contribution in [0.25, 0.3) is 0 Å². The van der Waals surface area contributed by atoms with E-state index in [1.54, 1.807) is 19.2 Å². The van der Waals surface area contributed by atoms with Gasteiger partial charge in [0.25, 0.3) is 0 Å². The van der Waals surface area contributed by atoms with Gasteiger partial charge in [0.1, 0.15) is 5.75 Å². The molecule has 27 heavy (non-hydrogen) atoms. The first-order valence-corrected chi connectivity index (χ1v) is 8.79. The number of amides is 2. The van der Waals surface area contributed by atoms with Gasteiger partial charge in [-0.3, -0.25) is 0 Å². The molecule has 142 valence electrons. The maximum absolute atomic E-state index is 12.3. The second-order valence-electron chi connectivity index (χ2n) is 6.56. The Balaban J connectivity index is 1.93. The number of benzene rings is 2. The molecule has 0 saturated carbocycles. The zero-order chi connectivity index (χ0) is 19.8. The number of methoxy groups -OCH3 is 1. The summed E-state index contributed by atoms with van der Waals surface area (Å²) in [5, 5.41) is 14.7. The topological polar surface area (TPSA) is 77.4 Å². The lowest BCUT2D eigenvalue weighted by Crippen LogP contribution is -2.41. The van der Waals surface area contributed by atoms with E-state index in [9.17, 15) is 4.79 Å². The number of carbonyl (C=O) groups is 1. The molecule has 0 fully saturated rings. The zero-order valence-corrected chi connectivity index (χ0v) is 16.2. The minimum atomic E-state index is -0.229. The van der Waals surface area contributed by atoms with Gasteiger partial charge >= 0.3 is 6.03 Å². The predicted molar refractivity (Wildman–Crippen MR) is 106 cm³/mol. The normalized spacial score (nSPS) is 12.7. The fraction of sp³-hybridized carbons (Fsp3) is 0.333. The number of hydrogen-bond donors (Lipinski definition) is 2. The highest BCUT2D eigenvalue weighted by atomic mass is 16.5. The third-order valence-electron chi connectivity index (χ3n) is 4.47. The Morgan fingerprint density at radius 1 is 1.11 bits per heavy atom. The highest BCUT2D eigenvalue weighted by Crippen LogP contribution is 2.20. The first-order valence-electron chi connectivity index (χ1n) is 8.79. The summed E-state index contributed by atoms with van der Waals surface area (Å²) in [5.41, 5.74) is 2.65. The summed E-state index contributed by atoms with van der Waals surface area (Å²) in [7, 11) is 5.60. The molecular weight excluding hydrogens is 340 g/mol. The molecular formula is C21H26N4O2. The molecule has 2 aromatic rings. The van der Waals surface area contributed by atoms with Crippen LogP contribution < -0.4 is 15.4 Å². The summed E-state index contributed by atoms with van der Waals surface area (Å²) in [6, 6.07) is 16.8. The Labute approximate surface area is 160 Å². The number of nitrogens with zero attached hydrogens (tertiary/aromatic N) is 2. The van der Waals surface area contributed by atoms with Crippen LogP contribution in [-0.4, -0.2) is 38.7 Å². The van der Waals surface area contributed by atoms with Gasteiger partial charge in [-0.2, -0.15) is 5.26 Å². The van der Waals surface area contributed by atoms with Crippen LogP contribution in [0.1, 0.15) is 35.7 Å². The Morgan fingerprint density at radius 3 is 2.22 bits per heavy atom. The summed E-state index contributed by atoms with van der Waals surface area (Å²) < 4.78 is 5.20. The molecule has 0 bridgehead atoms. The van der Waals surface area contributed by atoms with Crippen molar-refractivity contribution < 1.29 is 9.53 Å². The molecule has 0 aliphatic carbocycles. The van der Waals surface area contributed by atoms with Crippen LogP contribution in [0.5, 0.6) is 5.75 Å². The van der Waals surface area contributed by atoms with E-state index in [-0.39, 0.29) is 18.1 Å². The number of nitriles is 1. The smallest absolute Gasteiger partial charge is 0.315 e. The van der Waals surface area contributed by atoms with Gasteiger partial charge in [0.05, 0.1) is 30.8 Å². The summed E-state index contributed by atoms with van der Waals surface area (Å²) in [5.74, 6) is 0.804. The van der Waals surface area contributed by atoms with Crippen LogP contribution >= 0.6 is 0 Å². The van der Waals surface area contributed by atoms with Gasteiger partial charge in [0, 0.05) is 6.54 Å². The van der Waals surface area contributed by atoms with Crippen molar-refractivity contribution >= 4 is 6.03 Å². The average molecular weight is 366 g/mol. The van der Waals surface area contributed by atoms with Crippen molar-refractivity contribution in [3.05, 3.63) is 65.2 Å². The van der Waals surface area contributed by atoms with Gasteiger partial charge in [0.2, 0.25) is 0 Å². The molecule has 0 aliphatic rings. The molecule has 2 rings (SSSR count). The van der Waals surface area contributed by atoms with Crippen LogP contribution in [0.3, 0.4) is 0 Å². The number of rotatable bonds is 7. The number of carbonyl (C=O) groups excluding carboxylic acids is 1. The second-order valence-corrected chi connectivity index (χ2v) is 6.56. The van der Waals surface area contributed by atoms with Crippen molar-refractivity contribution in [2.24, 2.45) is 0 Å². The lowest BCUT2D eigenvalue weighted by atomic mass is 10.1. The van der Waals surface area contributed by atoms with Crippen LogP contribution in [0.2, 0.25) is 0 Å². The molecule has 6 nitrogen and oxygen atoms in total. The van der Waals surface area contributed by atoms with Crippen LogP contribution in [-0.2, 0) is 0 Å². The standard InChI is InChI=1S/C21H26N4O2/c1-15(17-7-5-16(13-22)6-8-17)24-21(26)23-14-20(25(2)3)18-9-11-19(27-4)12-10-18/h5-12,15,20H,14H2,1-4H3,(H2,23,24,26). The lowest BCUT2D eigenvalue weighted by molar-refractivity contribution is 0.230. The number of urea groups is 1. The van der Waals surface area contributed by atoms with Gasteiger partial charge in [-0.1, -0.05) is 24.3 Å². The molecule has 2 unspecified atom stereocenters. The zero-order valence-electron chi connectivity index (χ0n) is 16.2. The summed E-state index contributed by atoms with van der Waals surface area (Å²) >= 11 is 0. The van der Waals surface area contributed by atoms with E-state index in [0.717, 1.165) is 16.9 Å². The van der Waals surface area contributed by atoms with Gasteiger partial charge in [-0.15, -0.1) is 0 Å². The third kappa shape index (κ3) is 5.73. The van der Waals surface area contributed by atoms with Crippen LogP contribution in [0.15, 0.2) is 48.5 Å². The Hall–Kier alpha value is -3.04. The Kier molecular flexibility index (Phi) is 7.21. The van der Waals surface area contributed by atoms with E-state index in [1.165, 1.54) is 0 Å². The minimum absolute atomic E-state index is 0.0480. The Morgan fingerprint density at radius 2 is 1.70 bits per heavy atom. The second kappa shape index (κ2) is 9.60. The van der Waals surface area contributed by atoms with E-state index in [1.807, 2.05) is 57.4 Å². The van der Waals surface area contributed by atoms with Crippen molar-refractivity contribution in [1.82, 2.24) is 15.5 Å². The number of ether oxygens (including phenoxy) is 1. The lowest BCUT2D eigenvalue weighted by Gasteiger charge is -2.26. The quantitative estimate of drug-likeness (QED) is 0.789. The first-order chi connectivity index (χ1) is 12.9. The molecule has 0 spiro atoms. The van der Waals surface area contributed by atoms with E-state index >= 15 is 0 Å². The average Bonchev–Trinajstić information content (AvgIpc) is 2.68. The molecule has 2 N–H and O–H groups in total. The molecule has 2 aromatic carbocycles. The maximum atomic E-state index is 12.3. The monoisotopic (exact) mass is 366 g/mol. The maximum Gasteiger partial charge on any atom is 0.315 e. The molecule has 0 saturated heterocycles. The fourth-order valence-corrected chi connectivity index (χ4v) is 2.79. The molecule has 0 aromatic heterocycles. The van der Waals surface area contributed by atoms with Gasteiger partial charge in [-0.25, -0.2) is 4.79 Å². The van der Waals surface area contributed by atoms with E-state index in [4.69, 9.17) is 10.00 Å². The fourth-order valence-electron chi connectivity index (χ4n) is 2.79. The molecule has 0 radical (unpaired) electrons. The molecule has 0 aliphatic heterocycles. The van der Waals surface area contributed by atoms with Crippen molar-refractivity contribution in [2.45, 2.75) is 19.0 Å². The number of hydrogen-bond acceptors (Lipinski definition) is 4. The van der Waals surface area contributed by atoms with Gasteiger partial charge in [0.15, 0.2) is 0 Å². The van der Waals surface area contributed by atoms with Crippen molar-refractivity contribution in [1.29, 1.82) is 5.26 Å². The van der Waals surface area contributed by atoms with Crippen LogP contribution in [0.4, 0.5) is 4.79 Å². The SMILES string of the molecule is COc1ccc(C(CNC(=O)NC(C)c2ccc(C#N)cc2)N(C)C)cc1. The Bertz CT molecular complexity index is 779. The number of nitrogens with one attached hydrogen (secondary N) is 2. The van der Waals surface area contributed by atoms with E-state index < -0.39 is 0 Å². The van der Waals surface area contributed by atoms with Crippen molar-refractivity contribution in [3.63, 3.8) is 0 Å². The van der Waals surface area contributed by atoms with Crippen molar-refractivity contribution in [3.8, 4) is 11.8 Å². The van der Waals surface area contributed by atoms with Gasteiger partial charge < -0.3 is 20.3 Å². The largest absolute Gasteiger partial charge is 0.497 e. The molecule has 2 atom stereocenters. The molecule has 0 heterocycles. The number of likely N-dealkylation sites (N-methyl/N-ethyl adjacent to an activating group) is 1. The summed E-state index contributed by atoms with van der Waals surface area (Å²) in [6.45, 7) is 2.39. The molecule has 2 amide bonds. The highest BCUT2D eigenvalue weighted by molar-refractivity contribution is 5.74. The highest BCUT2D eigenvalue weighted by Gasteiger charge is 2.16. The first kappa shape index (κ1) is 20.3.